The number of thiazole rings is 1. The smallest absolute Gasteiger partial charge is 0.265 e. The summed E-state index contributed by atoms with van der Waals surface area (Å²) in [5.41, 5.74) is 13.7. The molecule has 6 N–H and O–H groups in total. The Bertz CT molecular complexity index is 1020. The number of nitrogens with zero attached hydrogens (tertiary/aromatic N) is 1. The molecule has 1 aliphatic heterocycles. The van der Waals surface area contributed by atoms with Crippen LogP contribution in [-0.4, -0.2) is 28.3 Å². The fraction of sp³-hybridized carbons (Fsp3) is 0.167. The molecule has 3 aromatic rings. The summed E-state index contributed by atoms with van der Waals surface area (Å²) in [6.45, 7) is 0.436. The lowest BCUT2D eigenvalue weighted by molar-refractivity contribution is -0.119. The number of carbonyl (C=O) groups is 2. The Morgan fingerprint density at radius 2 is 2.07 bits per heavy atom. The van der Waals surface area contributed by atoms with E-state index in [0.717, 1.165) is 5.56 Å². The number of carbonyl (C=O) groups excluding carboxylic acids is 2. The summed E-state index contributed by atoms with van der Waals surface area (Å²) in [5.74, 6) is -1.45. The van der Waals surface area contributed by atoms with Crippen LogP contribution in [0, 0.1) is 11.7 Å². The first-order valence-corrected chi connectivity index (χ1v) is 9.38. The number of hydrogen-bond acceptors (Lipinski definition) is 6. The number of benzene rings is 1. The summed E-state index contributed by atoms with van der Waals surface area (Å²) in [5, 5.41) is 5.06. The van der Waals surface area contributed by atoms with Gasteiger partial charge >= 0.3 is 0 Å². The zero-order valence-corrected chi connectivity index (χ0v) is 15.3. The number of rotatable bonds is 5. The summed E-state index contributed by atoms with van der Waals surface area (Å²) in [6, 6.07) is 7.39. The molecule has 144 valence electrons. The Morgan fingerprint density at radius 3 is 2.79 bits per heavy atom. The lowest BCUT2D eigenvalue weighted by atomic mass is 9.94. The molecule has 1 aromatic carbocycles. The standard InChI is InChI=1S/C18H17FN6O2S/c19-11-3-1-9(2-4-11)15-12(7-22-25-15)17(27)24-18-23-14(8-28-18)10-5-13(16(20)26)21-6-10/h1-6,8,12,15,21-22,25H,7H2,(H2,20,26)(H,23,24,27). The van der Waals surface area contributed by atoms with Crippen molar-refractivity contribution >= 4 is 28.3 Å². The SMILES string of the molecule is NC(=O)c1cc(-c2csc(NC(=O)C3CNNC3c3ccc(F)cc3)n2)c[nH]1. The monoisotopic (exact) mass is 400 g/mol. The maximum Gasteiger partial charge on any atom is 0.265 e. The number of H-pyrrole nitrogens is 1. The van der Waals surface area contributed by atoms with E-state index in [9.17, 15) is 14.0 Å². The number of primary amides is 1. The molecule has 2 amide bonds. The molecule has 4 rings (SSSR count). The van der Waals surface area contributed by atoms with Gasteiger partial charge in [-0.25, -0.2) is 14.8 Å². The lowest BCUT2D eigenvalue weighted by Gasteiger charge is -2.17. The van der Waals surface area contributed by atoms with Crippen molar-refractivity contribution in [1.82, 2.24) is 20.8 Å². The predicted octanol–water partition coefficient (Wildman–Crippen LogP) is 1.78. The van der Waals surface area contributed by atoms with Gasteiger partial charge in [0.2, 0.25) is 5.91 Å². The number of anilines is 1. The second-order valence-electron chi connectivity index (χ2n) is 6.35. The van der Waals surface area contributed by atoms with Crippen molar-refractivity contribution in [1.29, 1.82) is 0 Å². The van der Waals surface area contributed by atoms with Gasteiger partial charge in [-0.3, -0.25) is 15.0 Å². The van der Waals surface area contributed by atoms with E-state index in [0.29, 0.717) is 28.6 Å². The van der Waals surface area contributed by atoms with Gasteiger partial charge in [-0.05, 0) is 23.8 Å². The van der Waals surface area contributed by atoms with Gasteiger partial charge in [-0.15, -0.1) is 11.3 Å². The van der Waals surface area contributed by atoms with Crippen molar-refractivity contribution in [3.05, 3.63) is 59.0 Å². The Labute approximate surface area is 163 Å². The number of amides is 2. The highest BCUT2D eigenvalue weighted by Gasteiger charge is 2.34. The van der Waals surface area contributed by atoms with Gasteiger partial charge in [0.15, 0.2) is 5.13 Å². The minimum Gasteiger partial charge on any atom is -0.364 e. The number of nitrogens with two attached hydrogens (primary N) is 1. The van der Waals surface area contributed by atoms with Gasteiger partial charge in [0.25, 0.3) is 5.91 Å². The van der Waals surface area contributed by atoms with E-state index in [1.54, 1.807) is 29.8 Å². The van der Waals surface area contributed by atoms with Crippen LogP contribution in [0.4, 0.5) is 9.52 Å². The predicted molar refractivity (Wildman–Crippen MR) is 103 cm³/mol. The topological polar surface area (TPSA) is 125 Å². The number of aromatic nitrogens is 2. The average molecular weight is 400 g/mol. The highest BCUT2D eigenvalue weighted by molar-refractivity contribution is 7.14. The molecule has 8 nitrogen and oxygen atoms in total. The first-order chi connectivity index (χ1) is 13.5. The first-order valence-electron chi connectivity index (χ1n) is 8.50. The van der Waals surface area contributed by atoms with Crippen LogP contribution in [0.2, 0.25) is 0 Å². The molecule has 3 heterocycles. The van der Waals surface area contributed by atoms with Gasteiger partial charge < -0.3 is 16.0 Å². The zero-order chi connectivity index (χ0) is 19.7. The Morgan fingerprint density at radius 1 is 1.29 bits per heavy atom. The quantitative estimate of drug-likeness (QED) is 0.446. The second-order valence-corrected chi connectivity index (χ2v) is 7.21. The summed E-state index contributed by atoms with van der Waals surface area (Å²) >= 11 is 1.28. The van der Waals surface area contributed by atoms with Crippen molar-refractivity contribution in [2.75, 3.05) is 11.9 Å². The molecule has 10 heteroatoms. The third kappa shape index (κ3) is 3.65. The number of hydrazine groups is 1. The van der Waals surface area contributed by atoms with Crippen molar-refractivity contribution in [2.24, 2.45) is 11.7 Å². The molecule has 2 unspecified atom stereocenters. The van der Waals surface area contributed by atoms with E-state index in [2.05, 4.69) is 26.1 Å². The van der Waals surface area contributed by atoms with E-state index in [-0.39, 0.29) is 23.7 Å². The van der Waals surface area contributed by atoms with Gasteiger partial charge in [0, 0.05) is 23.7 Å². The molecule has 1 saturated heterocycles. The fourth-order valence-corrected chi connectivity index (χ4v) is 3.80. The highest BCUT2D eigenvalue weighted by atomic mass is 32.1. The van der Waals surface area contributed by atoms with E-state index < -0.39 is 5.91 Å². The third-order valence-corrected chi connectivity index (χ3v) is 5.28. The molecule has 1 fully saturated rings. The van der Waals surface area contributed by atoms with Crippen molar-refractivity contribution in [2.45, 2.75) is 6.04 Å². The Balaban J connectivity index is 1.46. The van der Waals surface area contributed by atoms with Crippen LogP contribution < -0.4 is 21.9 Å². The van der Waals surface area contributed by atoms with Crippen LogP contribution in [0.3, 0.4) is 0 Å². The molecule has 2 aromatic heterocycles. The van der Waals surface area contributed by atoms with Gasteiger partial charge in [0.05, 0.1) is 17.7 Å². The average Bonchev–Trinajstić information content (AvgIpc) is 3.42. The summed E-state index contributed by atoms with van der Waals surface area (Å²) in [6.07, 6.45) is 1.64. The number of aromatic amines is 1. The molecule has 0 bridgehead atoms. The molecule has 0 aliphatic carbocycles. The Hall–Kier alpha value is -3.08. The number of nitrogens with one attached hydrogen (secondary N) is 4. The largest absolute Gasteiger partial charge is 0.364 e. The van der Waals surface area contributed by atoms with Crippen LogP contribution in [0.5, 0.6) is 0 Å². The number of hydrogen-bond donors (Lipinski definition) is 5. The van der Waals surface area contributed by atoms with Gasteiger partial charge in [0.1, 0.15) is 11.5 Å². The van der Waals surface area contributed by atoms with E-state index in [1.165, 1.54) is 23.5 Å². The maximum absolute atomic E-state index is 13.2. The van der Waals surface area contributed by atoms with E-state index in [4.69, 9.17) is 5.73 Å². The molecular formula is C18H17FN6O2S. The third-order valence-electron chi connectivity index (χ3n) is 4.53. The lowest BCUT2D eigenvalue weighted by Crippen LogP contribution is -2.29. The van der Waals surface area contributed by atoms with Crippen molar-refractivity contribution in [3.63, 3.8) is 0 Å². The van der Waals surface area contributed by atoms with Crippen molar-refractivity contribution in [3.8, 4) is 11.3 Å². The molecule has 0 radical (unpaired) electrons. The fourth-order valence-electron chi connectivity index (χ4n) is 3.07. The molecule has 0 spiro atoms. The number of halogens is 1. The van der Waals surface area contributed by atoms with Crippen molar-refractivity contribution < 1.29 is 14.0 Å². The summed E-state index contributed by atoms with van der Waals surface area (Å²) in [7, 11) is 0. The zero-order valence-electron chi connectivity index (χ0n) is 14.5. The van der Waals surface area contributed by atoms with Crippen LogP contribution >= 0.6 is 11.3 Å². The normalized spacial score (nSPS) is 18.9. The minimum absolute atomic E-state index is 0.195. The summed E-state index contributed by atoms with van der Waals surface area (Å²) in [4.78, 5) is 31.1. The minimum atomic E-state index is -0.553. The molecule has 2 atom stereocenters. The summed E-state index contributed by atoms with van der Waals surface area (Å²) < 4.78 is 13.2. The van der Waals surface area contributed by atoms with Crippen LogP contribution in [0.15, 0.2) is 41.9 Å². The maximum atomic E-state index is 13.2. The molecule has 0 saturated carbocycles. The van der Waals surface area contributed by atoms with Crippen LogP contribution in [0.1, 0.15) is 22.1 Å². The molecular weight excluding hydrogens is 383 g/mol. The van der Waals surface area contributed by atoms with Gasteiger partial charge in [-0.2, -0.15) is 0 Å². The molecule has 1 aliphatic rings. The van der Waals surface area contributed by atoms with Crippen LogP contribution in [-0.2, 0) is 4.79 Å². The second kappa shape index (κ2) is 7.50. The van der Waals surface area contributed by atoms with E-state index >= 15 is 0 Å². The Kier molecular flexibility index (Phi) is 4.90. The van der Waals surface area contributed by atoms with Crippen LogP contribution in [0.25, 0.3) is 11.3 Å². The van der Waals surface area contributed by atoms with Gasteiger partial charge in [-0.1, -0.05) is 12.1 Å². The first kappa shape index (κ1) is 18.3. The van der Waals surface area contributed by atoms with E-state index in [1.807, 2.05) is 0 Å². The molecule has 28 heavy (non-hydrogen) atoms. The highest BCUT2D eigenvalue weighted by Crippen LogP contribution is 2.29.